The Morgan fingerprint density at radius 3 is 2.48 bits per heavy atom. The van der Waals surface area contributed by atoms with Crippen molar-refractivity contribution in [3.8, 4) is 0 Å². The van der Waals surface area contributed by atoms with Crippen molar-refractivity contribution < 1.29 is 9.59 Å². The van der Waals surface area contributed by atoms with Gasteiger partial charge in [-0.2, -0.15) is 0 Å². The summed E-state index contributed by atoms with van der Waals surface area (Å²) in [6.07, 6.45) is 5.00. The van der Waals surface area contributed by atoms with Gasteiger partial charge in [-0.05, 0) is 42.5 Å². The number of anilines is 1. The van der Waals surface area contributed by atoms with Crippen LogP contribution in [0.5, 0.6) is 0 Å². The predicted octanol–water partition coefficient (Wildman–Crippen LogP) is 3.45. The number of carbonyl (C=O) groups excluding carboxylic acids is 2. The van der Waals surface area contributed by atoms with Crippen LogP contribution in [0, 0.1) is 0 Å². The van der Waals surface area contributed by atoms with Gasteiger partial charge in [0.25, 0.3) is 5.91 Å². The predicted molar refractivity (Wildman–Crippen MR) is 103 cm³/mol. The number of ketones is 1. The van der Waals surface area contributed by atoms with Crippen LogP contribution in [0.25, 0.3) is 10.9 Å². The number of fused-ring (bicyclic) bond motifs is 1. The van der Waals surface area contributed by atoms with E-state index in [4.69, 9.17) is 0 Å². The smallest absolute Gasteiger partial charge is 0.256 e. The molecule has 2 aromatic carbocycles. The summed E-state index contributed by atoms with van der Waals surface area (Å²) < 4.78 is 1.67. The summed E-state index contributed by atoms with van der Waals surface area (Å²) in [5, 5.41) is 3.65. The second kappa shape index (κ2) is 6.84. The minimum absolute atomic E-state index is 0.166. The summed E-state index contributed by atoms with van der Waals surface area (Å²) in [4.78, 5) is 33.4. The summed E-state index contributed by atoms with van der Waals surface area (Å²) in [7, 11) is 1.77. The van der Waals surface area contributed by atoms with E-state index < -0.39 is 0 Å². The van der Waals surface area contributed by atoms with Gasteiger partial charge in [-0.3, -0.25) is 14.6 Å². The molecule has 0 unspecified atom stereocenters. The average molecular weight is 356 g/mol. The molecule has 2 aromatic heterocycles. The molecule has 0 saturated carbocycles. The van der Waals surface area contributed by atoms with E-state index in [1.54, 1.807) is 72.7 Å². The third-order valence-corrected chi connectivity index (χ3v) is 4.32. The summed E-state index contributed by atoms with van der Waals surface area (Å²) in [6, 6.07) is 15.9. The summed E-state index contributed by atoms with van der Waals surface area (Å²) in [6.45, 7) is 0. The van der Waals surface area contributed by atoms with Crippen molar-refractivity contribution in [3.05, 3.63) is 90.1 Å². The van der Waals surface area contributed by atoms with E-state index in [9.17, 15) is 9.59 Å². The largest absolute Gasteiger partial charge is 0.331 e. The number of aryl methyl sites for hydroxylation is 1. The first-order chi connectivity index (χ1) is 13.1. The van der Waals surface area contributed by atoms with E-state index in [-0.39, 0.29) is 11.7 Å². The number of nitrogens with one attached hydrogen (secondary N) is 1. The zero-order chi connectivity index (χ0) is 18.8. The Morgan fingerprint density at radius 2 is 1.74 bits per heavy atom. The lowest BCUT2D eigenvalue weighted by atomic mass is 10.1. The van der Waals surface area contributed by atoms with E-state index in [1.165, 1.54) is 0 Å². The molecule has 1 amide bonds. The minimum Gasteiger partial charge on any atom is -0.331 e. The lowest BCUT2D eigenvalue weighted by Gasteiger charge is -2.08. The fourth-order valence-corrected chi connectivity index (χ4v) is 2.92. The molecule has 132 valence electrons. The minimum atomic E-state index is -0.225. The van der Waals surface area contributed by atoms with Gasteiger partial charge in [-0.15, -0.1) is 0 Å². The summed E-state index contributed by atoms with van der Waals surface area (Å²) in [5.41, 5.74) is 2.43. The highest BCUT2D eigenvalue weighted by Crippen LogP contribution is 2.19. The number of amides is 1. The maximum atomic E-state index is 12.7. The molecule has 0 atom stereocenters. The Morgan fingerprint density at radius 1 is 0.926 bits per heavy atom. The molecular weight excluding hydrogens is 340 g/mol. The monoisotopic (exact) mass is 356 g/mol. The molecule has 6 heteroatoms. The second-order valence-electron chi connectivity index (χ2n) is 6.10. The van der Waals surface area contributed by atoms with Crippen LogP contribution in [0.1, 0.15) is 26.5 Å². The van der Waals surface area contributed by atoms with E-state index in [0.717, 1.165) is 10.9 Å². The third kappa shape index (κ3) is 3.20. The topological polar surface area (TPSA) is 76.9 Å². The zero-order valence-electron chi connectivity index (χ0n) is 14.6. The van der Waals surface area contributed by atoms with Gasteiger partial charge in [0.05, 0.1) is 5.52 Å². The first kappa shape index (κ1) is 16.7. The molecule has 0 aliphatic rings. The van der Waals surface area contributed by atoms with Gasteiger partial charge >= 0.3 is 0 Å². The molecule has 27 heavy (non-hydrogen) atoms. The van der Waals surface area contributed by atoms with Crippen molar-refractivity contribution in [1.29, 1.82) is 0 Å². The van der Waals surface area contributed by atoms with Crippen molar-refractivity contribution in [2.45, 2.75) is 0 Å². The first-order valence-corrected chi connectivity index (χ1v) is 8.40. The van der Waals surface area contributed by atoms with E-state index in [0.29, 0.717) is 22.6 Å². The van der Waals surface area contributed by atoms with Crippen LogP contribution in [0.15, 0.2) is 73.2 Å². The molecule has 0 saturated heterocycles. The Bertz CT molecular complexity index is 1140. The number of imidazole rings is 1. The molecule has 4 rings (SSSR count). The van der Waals surface area contributed by atoms with Crippen LogP contribution in [-0.2, 0) is 7.05 Å². The lowest BCUT2D eigenvalue weighted by molar-refractivity contribution is 0.102. The Balaban J connectivity index is 1.55. The van der Waals surface area contributed by atoms with Crippen LogP contribution in [-0.4, -0.2) is 26.2 Å². The molecule has 4 aromatic rings. The molecule has 0 fully saturated rings. The van der Waals surface area contributed by atoms with E-state index in [1.807, 2.05) is 12.1 Å². The summed E-state index contributed by atoms with van der Waals surface area (Å²) in [5.74, 6) is -0.0210. The molecule has 0 spiro atoms. The number of hydrogen-bond acceptors (Lipinski definition) is 4. The van der Waals surface area contributed by atoms with Crippen LogP contribution in [0.4, 0.5) is 5.69 Å². The van der Waals surface area contributed by atoms with Crippen molar-refractivity contribution >= 4 is 28.3 Å². The van der Waals surface area contributed by atoms with E-state index in [2.05, 4.69) is 15.3 Å². The molecule has 0 radical (unpaired) electrons. The van der Waals surface area contributed by atoms with Crippen molar-refractivity contribution in [2.75, 3.05) is 5.32 Å². The van der Waals surface area contributed by atoms with Gasteiger partial charge in [0.1, 0.15) is 0 Å². The fourth-order valence-electron chi connectivity index (χ4n) is 2.92. The number of benzene rings is 2. The molecule has 1 N–H and O–H groups in total. The number of aromatic nitrogens is 3. The van der Waals surface area contributed by atoms with Gasteiger partial charge in [-0.1, -0.05) is 12.1 Å². The van der Waals surface area contributed by atoms with Crippen molar-refractivity contribution in [1.82, 2.24) is 14.5 Å². The quantitative estimate of drug-likeness (QED) is 0.568. The van der Waals surface area contributed by atoms with Gasteiger partial charge in [0, 0.05) is 47.8 Å². The lowest BCUT2D eigenvalue weighted by Crippen LogP contribution is -2.13. The molecule has 0 aliphatic heterocycles. The average Bonchev–Trinajstić information content (AvgIpc) is 3.13. The Labute approximate surface area is 155 Å². The Kier molecular flexibility index (Phi) is 4.22. The Hall–Kier alpha value is -3.80. The van der Waals surface area contributed by atoms with Gasteiger partial charge in [0.15, 0.2) is 5.82 Å². The first-order valence-electron chi connectivity index (χ1n) is 8.40. The maximum Gasteiger partial charge on any atom is 0.256 e. The number of pyridine rings is 1. The number of carbonyl (C=O) groups is 2. The molecule has 2 heterocycles. The molecular formula is C21H16N4O2. The fraction of sp³-hybridized carbons (Fsp3) is 0.0476. The highest BCUT2D eigenvalue weighted by Gasteiger charge is 2.14. The zero-order valence-corrected chi connectivity index (χ0v) is 14.6. The number of rotatable bonds is 4. The van der Waals surface area contributed by atoms with Gasteiger partial charge in [-0.25, -0.2) is 4.98 Å². The van der Waals surface area contributed by atoms with Crippen LogP contribution >= 0.6 is 0 Å². The van der Waals surface area contributed by atoms with Crippen molar-refractivity contribution in [3.63, 3.8) is 0 Å². The standard InChI is InChI=1S/C21H16N4O2/c1-25-13-12-23-20(25)19(26)14-7-9-15(10-8-14)24-21(27)17-4-2-6-18-16(17)5-3-11-22-18/h2-13H,1H3,(H,24,27). The molecule has 0 bridgehead atoms. The number of hydrogen-bond donors (Lipinski definition) is 1. The SMILES string of the molecule is Cn1ccnc1C(=O)c1ccc(NC(=O)c2cccc3ncccc23)cc1. The van der Waals surface area contributed by atoms with Gasteiger partial charge in [0.2, 0.25) is 5.78 Å². The highest BCUT2D eigenvalue weighted by molar-refractivity contribution is 6.12. The third-order valence-electron chi connectivity index (χ3n) is 4.32. The van der Waals surface area contributed by atoms with Gasteiger partial charge < -0.3 is 9.88 Å². The molecule has 6 nitrogen and oxygen atoms in total. The van der Waals surface area contributed by atoms with Crippen LogP contribution in [0.3, 0.4) is 0 Å². The summed E-state index contributed by atoms with van der Waals surface area (Å²) >= 11 is 0. The van der Waals surface area contributed by atoms with E-state index >= 15 is 0 Å². The second-order valence-corrected chi connectivity index (χ2v) is 6.10. The number of nitrogens with zero attached hydrogens (tertiary/aromatic N) is 3. The maximum absolute atomic E-state index is 12.7. The highest BCUT2D eigenvalue weighted by atomic mass is 16.1. The van der Waals surface area contributed by atoms with Crippen LogP contribution in [0.2, 0.25) is 0 Å². The van der Waals surface area contributed by atoms with Crippen molar-refractivity contribution in [2.24, 2.45) is 7.05 Å². The van der Waals surface area contributed by atoms with Crippen LogP contribution < -0.4 is 5.32 Å². The normalized spacial score (nSPS) is 10.7. The molecule has 0 aliphatic carbocycles.